The van der Waals surface area contributed by atoms with Gasteiger partial charge in [-0.1, -0.05) is 40.9 Å². The summed E-state index contributed by atoms with van der Waals surface area (Å²) >= 11 is 3.66. The molecule has 0 bridgehead atoms. The van der Waals surface area contributed by atoms with Crippen LogP contribution in [0.1, 0.15) is 24.8 Å². The maximum absolute atomic E-state index is 12.9. The highest BCUT2D eigenvalue weighted by Crippen LogP contribution is 2.36. The molecule has 2 rings (SSSR count). The monoisotopic (exact) mass is 256 g/mol. The van der Waals surface area contributed by atoms with Crippen LogP contribution in [0, 0.1) is 11.7 Å². The van der Waals surface area contributed by atoms with Gasteiger partial charge in [0.05, 0.1) is 0 Å². The summed E-state index contributed by atoms with van der Waals surface area (Å²) in [6.45, 7) is 0. The molecule has 0 spiro atoms. The standard InChI is InChI=1S/C12H14BrF/c13-11(6-9-4-5-9)7-10-2-1-3-12(14)8-10/h1-3,8-9,11H,4-7H2. The van der Waals surface area contributed by atoms with E-state index in [-0.39, 0.29) is 5.82 Å². The van der Waals surface area contributed by atoms with Crippen molar-refractivity contribution >= 4 is 15.9 Å². The summed E-state index contributed by atoms with van der Waals surface area (Å²) in [4.78, 5) is 0.511. The van der Waals surface area contributed by atoms with E-state index in [1.54, 1.807) is 12.1 Å². The lowest BCUT2D eigenvalue weighted by atomic mass is 10.1. The van der Waals surface area contributed by atoms with Crippen molar-refractivity contribution in [3.63, 3.8) is 0 Å². The van der Waals surface area contributed by atoms with Crippen LogP contribution in [0.4, 0.5) is 4.39 Å². The maximum Gasteiger partial charge on any atom is 0.123 e. The average Bonchev–Trinajstić information content (AvgIpc) is 2.87. The smallest absolute Gasteiger partial charge is 0.123 e. The highest BCUT2D eigenvalue weighted by molar-refractivity contribution is 9.09. The third-order valence-electron chi connectivity index (χ3n) is 2.63. The van der Waals surface area contributed by atoms with E-state index in [0.29, 0.717) is 4.83 Å². The molecule has 0 nitrogen and oxygen atoms in total. The molecule has 0 heterocycles. The van der Waals surface area contributed by atoms with Crippen LogP contribution < -0.4 is 0 Å². The number of benzene rings is 1. The molecule has 1 fully saturated rings. The quantitative estimate of drug-likeness (QED) is 0.717. The Labute approximate surface area is 92.6 Å². The summed E-state index contributed by atoms with van der Waals surface area (Å²) in [5.41, 5.74) is 1.09. The number of hydrogen-bond donors (Lipinski definition) is 0. The van der Waals surface area contributed by atoms with Crippen LogP contribution in [0.25, 0.3) is 0 Å². The molecular formula is C12H14BrF. The Morgan fingerprint density at radius 3 is 2.86 bits per heavy atom. The SMILES string of the molecule is Fc1cccc(CC(Br)CC2CC2)c1. The minimum atomic E-state index is -0.131. The van der Waals surface area contributed by atoms with Gasteiger partial charge in [-0.3, -0.25) is 0 Å². The Kier molecular flexibility index (Phi) is 3.22. The molecule has 1 atom stereocenters. The minimum absolute atomic E-state index is 0.131. The fourth-order valence-corrected chi connectivity index (χ4v) is 2.62. The van der Waals surface area contributed by atoms with Gasteiger partial charge in [0.1, 0.15) is 5.82 Å². The van der Waals surface area contributed by atoms with Crippen molar-refractivity contribution in [2.24, 2.45) is 5.92 Å². The van der Waals surface area contributed by atoms with Gasteiger partial charge in [-0.15, -0.1) is 0 Å². The second kappa shape index (κ2) is 4.43. The lowest BCUT2D eigenvalue weighted by Crippen LogP contribution is -2.03. The Hall–Kier alpha value is -0.370. The largest absolute Gasteiger partial charge is 0.207 e. The maximum atomic E-state index is 12.9. The van der Waals surface area contributed by atoms with Crippen molar-refractivity contribution in [1.29, 1.82) is 0 Å². The third kappa shape index (κ3) is 3.09. The van der Waals surface area contributed by atoms with Gasteiger partial charge in [-0.25, -0.2) is 4.39 Å². The van der Waals surface area contributed by atoms with Crippen LogP contribution >= 0.6 is 15.9 Å². The molecule has 1 aliphatic carbocycles. The van der Waals surface area contributed by atoms with Crippen LogP contribution in [0.3, 0.4) is 0 Å². The van der Waals surface area contributed by atoms with Gasteiger partial charge in [0.2, 0.25) is 0 Å². The fraction of sp³-hybridized carbons (Fsp3) is 0.500. The Morgan fingerprint density at radius 2 is 2.21 bits per heavy atom. The topological polar surface area (TPSA) is 0 Å². The summed E-state index contributed by atoms with van der Waals surface area (Å²) in [5.74, 6) is 0.793. The van der Waals surface area contributed by atoms with Crippen molar-refractivity contribution in [3.8, 4) is 0 Å². The average molecular weight is 257 g/mol. The molecule has 1 aromatic rings. The van der Waals surface area contributed by atoms with E-state index in [9.17, 15) is 4.39 Å². The predicted octanol–water partition coefficient (Wildman–Crippen LogP) is 3.93. The van der Waals surface area contributed by atoms with Crippen molar-refractivity contribution in [2.45, 2.75) is 30.5 Å². The molecule has 0 N–H and O–H groups in total. The molecular weight excluding hydrogens is 243 g/mol. The minimum Gasteiger partial charge on any atom is -0.207 e. The fourth-order valence-electron chi connectivity index (χ4n) is 1.72. The van der Waals surface area contributed by atoms with Gasteiger partial charge in [-0.2, -0.15) is 0 Å². The van der Waals surface area contributed by atoms with Crippen molar-refractivity contribution in [3.05, 3.63) is 35.6 Å². The molecule has 1 saturated carbocycles. The van der Waals surface area contributed by atoms with E-state index in [0.717, 1.165) is 17.9 Å². The van der Waals surface area contributed by atoms with Gasteiger partial charge in [0, 0.05) is 4.83 Å². The molecule has 1 unspecified atom stereocenters. The first kappa shape index (κ1) is 10.2. The molecule has 0 amide bonds. The zero-order valence-corrected chi connectivity index (χ0v) is 9.63. The number of alkyl halides is 1. The van der Waals surface area contributed by atoms with Gasteiger partial charge >= 0.3 is 0 Å². The van der Waals surface area contributed by atoms with E-state index in [2.05, 4.69) is 15.9 Å². The molecule has 0 aliphatic heterocycles. The highest BCUT2D eigenvalue weighted by atomic mass is 79.9. The van der Waals surface area contributed by atoms with E-state index < -0.39 is 0 Å². The first-order valence-corrected chi connectivity index (χ1v) is 6.04. The third-order valence-corrected chi connectivity index (χ3v) is 3.33. The normalized spacial score (nSPS) is 18.1. The van der Waals surface area contributed by atoms with E-state index in [1.807, 2.05) is 6.07 Å². The number of hydrogen-bond acceptors (Lipinski definition) is 0. The van der Waals surface area contributed by atoms with Gasteiger partial charge in [0.25, 0.3) is 0 Å². The van der Waals surface area contributed by atoms with E-state index in [1.165, 1.54) is 25.3 Å². The summed E-state index contributed by atoms with van der Waals surface area (Å²) < 4.78 is 12.9. The predicted molar refractivity (Wildman–Crippen MR) is 60.2 cm³/mol. The first-order chi connectivity index (χ1) is 6.74. The lowest BCUT2D eigenvalue weighted by molar-refractivity contribution is 0.623. The summed E-state index contributed by atoms with van der Waals surface area (Å²) in [6.07, 6.45) is 4.93. The van der Waals surface area contributed by atoms with Crippen molar-refractivity contribution in [2.75, 3.05) is 0 Å². The van der Waals surface area contributed by atoms with Crippen LogP contribution in [0.5, 0.6) is 0 Å². The van der Waals surface area contributed by atoms with Gasteiger partial charge in [0.15, 0.2) is 0 Å². The molecule has 0 aromatic heterocycles. The molecule has 14 heavy (non-hydrogen) atoms. The van der Waals surface area contributed by atoms with Gasteiger partial charge in [-0.05, 0) is 36.5 Å². The van der Waals surface area contributed by atoms with Gasteiger partial charge < -0.3 is 0 Å². The Bertz CT molecular complexity index is 307. The van der Waals surface area contributed by atoms with Crippen LogP contribution in [0.15, 0.2) is 24.3 Å². The summed E-state index contributed by atoms with van der Waals surface area (Å²) in [5, 5.41) is 0. The van der Waals surface area contributed by atoms with Crippen molar-refractivity contribution < 1.29 is 4.39 Å². The Morgan fingerprint density at radius 1 is 1.43 bits per heavy atom. The van der Waals surface area contributed by atoms with E-state index >= 15 is 0 Å². The highest BCUT2D eigenvalue weighted by Gasteiger charge is 2.24. The lowest BCUT2D eigenvalue weighted by Gasteiger charge is -2.08. The first-order valence-electron chi connectivity index (χ1n) is 5.12. The van der Waals surface area contributed by atoms with Crippen LogP contribution in [0.2, 0.25) is 0 Å². The number of halogens is 2. The van der Waals surface area contributed by atoms with E-state index in [4.69, 9.17) is 0 Å². The van der Waals surface area contributed by atoms with Crippen LogP contribution in [-0.4, -0.2) is 4.83 Å². The molecule has 0 saturated heterocycles. The molecule has 2 heteroatoms. The molecule has 1 aliphatic rings. The number of rotatable bonds is 4. The second-order valence-corrected chi connectivity index (χ2v) is 5.41. The Balaban J connectivity index is 1.88. The van der Waals surface area contributed by atoms with Crippen molar-refractivity contribution in [1.82, 2.24) is 0 Å². The molecule has 76 valence electrons. The summed E-state index contributed by atoms with van der Waals surface area (Å²) in [7, 11) is 0. The molecule has 0 radical (unpaired) electrons. The zero-order chi connectivity index (χ0) is 9.97. The summed E-state index contributed by atoms with van der Waals surface area (Å²) in [6, 6.07) is 6.89. The zero-order valence-electron chi connectivity index (χ0n) is 8.05. The molecule has 1 aromatic carbocycles. The van der Waals surface area contributed by atoms with Crippen LogP contribution in [-0.2, 0) is 6.42 Å². The second-order valence-electron chi connectivity index (χ2n) is 4.11.